The molecule has 0 spiro atoms. The molecule has 0 aromatic rings. The van der Waals surface area contributed by atoms with Crippen molar-refractivity contribution in [3.05, 3.63) is 0 Å². The third kappa shape index (κ3) is 7.08. The number of rotatable bonds is 10. The second-order valence-electron chi connectivity index (χ2n) is 13.9. The Hall–Kier alpha value is -1.09. The normalized spacial score (nSPS) is 51.2. The summed E-state index contributed by atoms with van der Waals surface area (Å²) < 4.78 is 18.2. The molecule has 0 aromatic carbocycles. The van der Waals surface area contributed by atoms with Crippen LogP contribution in [0.25, 0.3) is 0 Å². The summed E-state index contributed by atoms with van der Waals surface area (Å²) in [5.74, 6) is -0.842. The maximum Gasteiger partial charge on any atom is 0.252 e. The van der Waals surface area contributed by atoms with E-state index in [-0.39, 0.29) is 37.5 Å². The SMILES string of the molecule is NC1CC(CNC[C@@H]2CC[C@@H](N)[C@@H](C3[C@@H](N)C[C@@H](NC(=O)C4(O)CC(N)C4)[C@H](O[C@H]4O[C@H](CO)[C@@H](O)[C@H](N)[C@H]4O)[C@H]3O)O2)C1. The molecule has 13 atom stereocenters. The molecule has 254 valence electrons. The highest BCUT2D eigenvalue weighted by molar-refractivity contribution is 5.86. The topological polar surface area (TPSA) is 300 Å². The fourth-order valence-corrected chi connectivity index (χ4v) is 7.59. The predicted molar refractivity (Wildman–Crippen MR) is 156 cm³/mol. The van der Waals surface area contributed by atoms with Crippen molar-refractivity contribution in [2.24, 2.45) is 40.5 Å². The molecular weight excluding hydrogens is 578 g/mol. The van der Waals surface area contributed by atoms with Gasteiger partial charge in [-0.1, -0.05) is 0 Å². The molecule has 3 saturated carbocycles. The zero-order chi connectivity index (χ0) is 31.9. The van der Waals surface area contributed by atoms with Gasteiger partial charge in [0, 0.05) is 49.5 Å². The Kier molecular flexibility index (Phi) is 10.9. The predicted octanol–water partition coefficient (Wildman–Crippen LogP) is -5.62. The van der Waals surface area contributed by atoms with E-state index >= 15 is 0 Å². The van der Waals surface area contributed by atoms with E-state index < -0.39 is 91.1 Å². The number of nitrogens with one attached hydrogen (secondary N) is 2. The van der Waals surface area contributed by atoms with E-state index in [1.54, 1.807) is 0 Å². The Bertz CT molecular complexity index is 972. The first-order valence-corrected chi connectivity index (χ1v) is 15.9. The van der Waals surface area contributed by atoms with Crippen molar-refractivity contribution in [3.63, 3.8) is 0 Å². The van der Waals surface area contributed by atoms with E-state index in [1.807, 2.05) is 0 Å². The quantitative estimate of drug-likeness (QED) is 0.107. The third-order valence-corrected chi connectivity index (χ3v) is 10.4. The minimum Gasteiger partial charge on any atom is -0.394 e. The number of aliphatic hydroxyl groups is 5. The van der Waals surface area contributed by atoms with Crippen LogP contribution in [-0.2, 0) is 19.0 Å². The lowest BCUT2D eigenvalue weighted by Crippen LogP contribution is -2.70. The number of aliphatic hydroxyl groups excluding tert-OH is 4. The van der Waals surface area contributed by atoms with Gasteiger partial charge in [0.2, 0.25) is 0 Å². The Morgan fingerprint density at radius 1 is 0.886 bits per heavy atom. The van der Waals surface area contributed by atoms with Crippen molar-refractivity contribution in [3.8, 4) is 0 Å². The first kappa shape index (κ1) is 34.3. The van der Waals surface area contributed by atoms with Crippen molar-refractivity contribution in [1.29, 1.82) is 0 Å². The van der Waals surface area contributed by atoms with Gasteiger partial charge < -0.3 is 79.0 Å². The molecule has 16 nitrogen and oxygen atoms in total. The summed E-state index contributed by atoms with van der Waals surface area (Å²) in [4.78, 5) is 13.1. The summed E-state index contributed by atoms with van der Waals surface area (Å²) in [6.45, 7) is 0.861. The van der Waals surface area contributed by atoms with Crippen LogP contribution in [0.5, 0.6) is 0 Å². The number of ether oxygens (including phenoxy) is 3. The van der Waals surface area contributed by atoms with Gasteiger partial charge >= 0.3 is 0 Å². The summed E-state index contributed by atoms with van der Waals surface area (Å²) in [6, 6.07) is -3.27. The van der Waals surface area contributed by atoms with Crippen LogP contribution in [0.3, 0.4) is 0 Å². The van der Waals surface area contributed by atoms with Gasteiger partial charge in [-0.2, -0.15) is 0 Å². The molecule has 16 heteroatoms. The Morgan fingerprint density at radius 3 is 2.23 bits per heavy atom. The lowest BCUT2D eigenvalue weighted by Gasteiger charge is -2.51. The van der Waals surface area contributed by atoms with Crippen molar-refractivity contribution in [2.45, 2.75) is 136 Å². The molecule has 0 bridgehead atoms. The zero-order valence-corrected chi connectivity index (χ0v) is 25.1. The van der Waals surface area contributed by atoms with Crippen molar-refractivity contribution in [1.82, 2.24) is 10.6 Å². The molecule has 0 aromatic heterocycles. The number of nitrogens with two attached hydrogens (primary N) is 5. The molecule has 17 N–H and O–H groups in total. The Balaban J connectivity index is 1.31. The maximum atomic E-state index is 13.1. The van der Waals surface area contributed by atoms with Crippen molar-refractivity contribution in [2.75, 3.05) is 19.7 Å². The van der Waals surface area contributed by atoms with E-state index in [2.05, 4.69) is 10.6 Å². The second kappa shape index (κ2) is 13.9. The molecule has 3 aliphatic carbocycles. The van der Waals surface area contributed by atoms with E-state index in [4.69, 9.17) is 42.9 Å². The molecule has 1 amide bonds. The maximum absolute atomic E-state index is 13.1. The highest BCUT2D eigenvalue weighted by Gasteiger charge is 2.55. The average molecular weight is 632 g/mol. The van der Waals surface area contributed by atoms with Crippen LogP contribution in [0, 0.1) is 11.8 Å². The average Bonchev–Trinajstić information content (AvgIpc) is 2.94. The smallest absolute Gasteiger partial charge is 0.252 e. The summed E-state index contributed by atoms with van der Waals surface area (Å²) in [5.41, 5.74) is 29.2. The standard InChI is InChI=1S/C28H53N7O9/c29-12-3-11(4-12)8-34-9-14-1-2-15(31)24(42-14)19-16(32)5-17(35-27(40)28(41)6-13(30)7-28)25(22(19)38)44-26-23(39)20(33)21(37)18(10-36)43-26/h11-26,34,36-39,41H,1-10,29-33H2,(H,35,40)/t11?,12?,13?,14-,15+,16-,17+,18+,19?,20-,21+,22-,23+,24-,25-,26+,28?/m0/s1. The van der Waals surface area contributed by atoms with Crippen LogP contribution in [0.4, 0.5) is 0 Å². The monoisotopic (exact) mass is 631 g/mol. The van der Waals surface area contributed by atoms with Gasteiger partial charge in [0.25, 0.3) is 5.91 Å². The largest absolute Gasteiger partial charge is 0.394 e. The number of hydrogen-bond acceptors (Lipinski definition) is 15. The minimum absolute atomic E-state index is 0.0808. The minimum atomic E-state index is -1.66. The van der Waals surface area contributed by atoms with Crippen LogP contribution >= 0.6 is 0 Å². The number of carbonyl (C=O) groups excluding carboxylic acids is 1. The van der Waals surface area contributed by atoms with Gasteiger partial charge in [0.1, 0.15) is 30.0 Å². The highest BCUT2D eigenvalue weighted by atomic mass is 16.7. The third-order valence-electron chi connectivity index (χ3n) is 10.4. The zero-order valence-electron chi connectivity index (χ0n) is 25.1. The first-order chi connectivity index (χ1) is 20.8. The number of carbonyl (C=O) groups is 1. The lowest BCUT2D eigenvalue weighted by atomic mass is 9.71. The van der Waals surface area contributed by atoms with Gasteiger partial charge in [-0.3, -0.25) is 4.79 Å². The number of hydrogen-bond donors (Lipinski definition) is 12. The molecule has 0 radical (unpaired) electrons. The molecule has 5 fully saturated rings. The molecule has 5 aliphatic rings. The molecule has 2 heterocycles. The van der Waals surface area contributed by atoms with E-state index in [0.717, 1.165) is 25.8 Å². The van der Waals surface area contributed by atoms with Crippen LogP contribution in [-0.4, -0.2) is 142 Å². The van der Waals surface area contributed by atoms with Crippen LogP contribution in [0.15, 0.2) is 0 Å². The van der Waals surface area contributed by atoms with E-state index in [1.165, 1.54) is 0 Å². The molecule has 1 unspecified atom stereocenters. The molecular formula is C28H53N7O9. The van der Waals surface area contributed by atoms with Gasteiger partial charge in [0.15, 0.2) is 6.29 Å². The van der Waals surface area contributed by atoms with Crippen molar-refractivity contribution >= 4 is 5.91 Å². The fraction of sp³-hybridized carbons (Fsp3) is 0.964. The summed E-state index contributed by atoms with van der Waals surface area (Å²) >= 11 is 0. The lowest BCUT2D eigenvalue weighted by molar-refractivity contribution is -0.306. The molecule has 2 aliphatic heterocycles. The summed E-state index contributed by atoms with van der Waals surface area (Å²) in [5, 5.41) is 59.6. The van der Waals surface area contributed by atoms with Crippen LogP contribution in [0.1, 0.15) is 44.9 Å². The molecule has 5 rings (SSSR count). The van der Waals surface area contributed by atoms with E-state index in [0.29, 0.717) is 18.9 Å². The van der Waals surface area contributed by atoms with Gasteiger partial charge in [0.05, 0.1) is 37.0 Å². The summed E-state index contributed by atoms with van der Waals surface area (Å²) in [6.07, 6.45) is -5.18. The second-order valence-corrected chi connectivity index (χ2v) is 13.9. The highest BCUT2D eigenvalue weighted by Crippen LogP contribution is 2.38. The van der Waals surface area contributed by atoms with Crippen LogP contribution < -0.4 is 39.3 Å². The molecule has 44 heavy (non-hydrogen) atoms. The fourth-order valence-electron chi connectivity index (χ4n) is 7.59. The Labute approximate surface area is 257 Å². The van der Waals surface area contributed by atoms with E-state index in [9.17, 15) is 30.3 Å². The van der Waals surface area contributed by atoms with Crippen molar-refractivity contribution < 1.29 is 44.5 Å². The Morgan fingerprint density at radius 2 is 1.59 bits per heavy atom. The van der Waals surface area contributed by atoms with Gasteiger partial charge in [-0.25, -0.2) is 0 Å². The van der Waals surface area contributed by atoms with Gasteiger partial charge in [-0.15, -0.1) is 0 Å². The van der Waals surface area contributed by atoms with Gasteiger partial charge in [-0.05, 0) is 44.6 Å². The van der Waals surface area contributed by atoms with Crippen LogP contribution in [0.2, 0.25) is 0 Å². The summed E-state index contributed by atoms with van der Waals surface area (Å²) in [7, 11) is 0. The number of amides is 1. The first-order valence-electron chi connectivity index (χ1n) is 15.9. The molecule has 2 saturated heterocycles.